The highest BCUT2D eigenvalue weighted by molar-refractivity contribution is 6.29. The molecule has 0 bridgehead atoms. The number of hydrogen-bond acceptors (Lipinski definition) is 4. The number of piperazine rings is 1. The monoisotopic (exact) mass is 471 g/mol. The van der Waals surface area contributed by atoms with Gasteiger partial charge in [0, 0.05) is 31.7 Å². The van der Waals surface area contributed by atoms with Gasteiger partial charge in [0.05, 0.1) is 17.6 Å². The molecule has 0 aliphatic carbocycles. The molecule has 4 rings (SSSR count). The van der Waals surface area contributed by atoms with Gasteiger partial charge in [-0.2, -0.15) is 5.10 Å². The third kappa shape index (κ3) is 6.24. The molecule has 7 heteroatoms. The summed E-state index contributed by atoms with van der Waals surface area (Å²) >= 11 is 6.03. The lowest BCUT2D eigenvalue weighted by atomic mass is 10.1. The van der Waals surface area contributed by atoms with Crippen LogP contribution in [0.1, 0.15) is 58.3 Å². The van der Waals surface area contributed by atoms with Gasteiger partial charge in [-0.1, -0.05) is 69.5 Å². The number of halogens is 2. The van der Waals surface area contributed by atoms with Crippen LogP contribution in [-0.2, 0) is 0 Å². The maximum atomic E-state index is 15.1. The van der Waals surface area contributed by atoms with E-state index in [9.17, 15) is 0 Å². The van der Waals surface area contributed by atoms with Crippen molar-refractivity contribution < 1.29 is 4.39 Å². The van der Waals surface area contributed by atoms with Crippen molar-refractivity contribution in [3.05, 3.63) is 47.5 Å². The van der Waals surface area contributed by atoms with E-state index in [4.69, 9.17) is 11.6 Å². The number of imidazole rings is 1. The largest absolute Gasteiger partial charge is 0.367 e. The molecule has 3 aromatic rings. The minimum atomic E-state index is -0.207. The van der Waals surface area contributed by atoms with Gasteiger partial charge in [-0.3, -0.25) is 4.90 Å². The molecule has 1 aromatic carbocycles. The van der Waals surface area contributed by atoms with Crippen LogP contribution in [0, 0.1) is 5.82 Å². The second-order valence-electron chi connectivity index (χ2n) is 9.04. The van der Waals surface area contributed by atoms with Crippen molar-refractivity contribution in [1.82, 2.24) is 19.5 Å². The van der Waals surface area contributed by atoms with Gasteiger partial charge in [0.15, 0.2) is 5.65 Å². The van der Waals surface area contributed by atoms with E-state index in [0.29, 0.717) is 16.5 Å². The third-order valence-electron chi connectivity index (χ3n) is 6.61. The summed E-state index contributed by atoms with van der Waals surface area (Å²) in [5.41, 5.74) is 2.83. The zero-order valence-corrected chi connectivity index (χ0v) is 20.4. The molecule has 0 amide bonds. The van der Waals surface area contributed by atoms with Crippen molar-refractivity contribution in [2.75, 3.05) is 37.6 Å². The lowest BCUT2D eigenvalue weighted by Crippen LogP contribution is -2.46. The summed E-state index contributed by atoms with van der Waals surface area (Å²) in [6.45, 7) is 7.13. The second kappa shape index (κ2) is 11.8. The highest BCUT2D eigenvalue weighted by atomic mass is 35.5. The molecular weight excluding hydrogens is 437 g/mol. The first-order valence-corrected chi connectivity index (χ1v) is 12.8. The summed E-state index contributed by atoms with van der Waals surface area (Å²) in [4.78, 5) is 9.02. The zero-order valence-electron chi connectivity index (χ0n) is 19.6. The molecule has 178 valence electrons. The maximum absolute atomic E-state index is 15.1. The minimum Gasteiger partial charge on any atom is -0.367 e. The van der Waals surface area contributed by atoms with E-state index < -0.39 is 0 Å². The molecule has 3 heterocycles. The summed E-state index contributed by atoms with van der Waals surface area (Å²) in [5, 5.41) is 4.67. The molecule has 0 spiro atoms. The molecule has 0 unspecified atom stereocenters. The molecule has 5 nitrogen and oxygen atoms in total. The van der Waals surface area contributed by atoms with E-state index in [2.05, 4.69) is 26.8 Å². The number of nitrogens with zero attached hydrogens (tertiary/aromatic N) is 5. The lowest BCUT2D eigenvalue weighted by Gasteiger charge is -2.36. The number of aromatic nitrogens is 3. The van der Waals surface area contributed by atoms with Gasteiger partial charge >= 0.3 is 0 Å². The van der Waals surface area contributed by atoms with Crippen molar-refractivity contribution in [2.45, 2.75) is 58.3 Å². The van der Waals surface area contributed by atoms with E-state index in [1.54, 1.807) is 28.9 Å². The third-order valence-corrected chi connectivity index (χ3v) is 6.82. The van der Waals surface area contributed by atoms with Crippen LogP contribution in [0.5, 0.6) is 0 Å². The summed E-state index contributed by atoms with van der Waals surface area (Å²) in [6, 6.07) is 8.90. The Morgan fingerprint density at radius 2 is 1.64 bits per heavy atom. The highest BCUT2D eigenvalue weighted by Crippen LogP contribution is 2.28. The highest BCUT2D eigenvalue weighted by Gasteiger charge is 2.20. The molecule has 0 atom stereocenters. The smallest absolute Gasteiger partial charge is 0.154 e. The summed E-state index contributed by atoms with van der Waals surface area (Å²) < 4.78 is 16.7. The summed E-state index contributed by atoms with van der Waals surface area (Å²) in [5.74, 6) is -0.207. The quantitative estimate of drug-likeness (QED) is 0.301. The van der Waals surface area contributed by atoms with Gasteiger partial charge in [0.2, 0.25) is 0 Å². The predicted molar refractivity (Wildman–Crippen MR) is 135 cm³/mol. The van der Waals surface area contributed by atoms with Gasteiger partial charge in [0.25, 0.3) is 0 Å². The normalized spacial score (nSPS) is 14.9. The number of rotatable bonds is 11. The Hall–Kier alpha value is -2.18. The average molecular weight is 472 g/mol. The van der Waals surface area contributed by atoms with Crippen molar-refractivity contribution in [3.8, 4) is 11.3 Å². The SMILES string of the molecule is CCCCCCCCCCN1CCN(c2ccc(-c3cnc4ccc(Cl)nn34)cc2F)CC1. The molecule has 1 saturated heterocycles. The van der Waals surface area contributed by atoms with Crippen LogP contribution in [0.3, 0.4) is 0 Å². The first-order chi connectivity index (χ1) is 16.2. The molecule has 0 saturated carbocycles. The van der Waals surface area contributed by atoms with Crippen molar-refractivity contribution in [2.24, 2.45) is 0 Å². The van der Waals surface area contributed by atoms with Gasteiger partial charge in [-0.05, 0) is 37.2 Å². The Labute approximate surface area is 201 Å². The fraction of sp³-hybridized carbons (Fsp3) is 0.538. The Morgan fingerprint density at radius 3 is 2.36 bits per heavy atom. The molecule has 1 aliphatic rings. The van der Waals surface area contributed by atoms with Gasteiger partial charge in [-0.25, -0.2) is 13.9 Å². The fourth-order valence-electron chi connectivity index (χ4n) is 4.65. The Balaban J connectivity index is 1.26. The van der Waals surface area contributed by atoms with E-state index in [1.807, 2.05) is 12.1 Å². The Bertz CT molecular complexity index is 1030. The van der Waals surface area contributed by atoms with Crippen LogP contribution in [0.15, 0.2) is 36.5 Å². The van der Waals surface area contributed by atoms with Crippen molar-refractivity contribution >= 4 is 22.9 Å². The van der Waals surface area contributed by atoms with Crippen LogP contribution in [0.4, 0.5) is 10.1 Å². The first-order valence-electron chi connectivity index (χ1n) is 12.4. The van der Waals surface area contributed by atoms with E-state index in [1.165, 1.54) is 51.4 Å². The van der Waals surface area contributed by atoms with Crippen LogP contribution in [0.2, 0.25) is 5.15 Å². The molecule has 1 aliphatic heterocycles. The van der Waals surface area contributed by atoms with Gasteiger partial charge in [-0.15, -0.1) is 0 Å². The van der Waals surface area contributed by atoms with E-state index in [0.717, 1.165) is 44.0 Å². The van der Waals surface area contributed by atoms with Crippen molar-refractivity contribution in [3.63, 3.8) is 0 Å². The standard InChI is InChI=1S/C26H35ClFN5/c1-2-3-4-5-6-7-8-9-14-31-15-17-32(18-16-31)23-11-10-21(19-22(23)28)24-20-29-26-13-12-25(27)30-33(24)26/h10-13,19-20H,2-9,14-18H2,1H3. The average Bonchev–Trinajstić information content (AvgIpc) is 3.24. The number of anilines is 1. The molecular formula is C26H35ClFN5. The van der Waals surface area contributed by atoms with Gasteiger partial charge in [0.1, 0.15) is 11.0 Å². The number of hydrogen-bond donors (Lipinski definition) is 0. The van der Waals surface area contributed by atoms with Crippen LogP contribution >= 0.6 is 11.6 Å². The van der Waals surface area contributed by atoms with Crippen molar-refractivity contribution in [1.29, 1.82) is 0 Å². The fourth-order valence-corrected chi connectivity index (χ4v) is 4.79. The Morgan fingerprint density at radius 1 is 0.909 bits per heavy atom. The molecule has 0 N–H and O–H groups in total. The second-order valence-corrected chi connectivity index (χ2v) is 9.43. The first kappa shape index (κ1) is 24.0. The lowest BCUT2D eigenvalue weighted by molar-refractivity contribution is 0.251. The number of unbranched alkanes of at least 4 members (excludes halogenated alkanes) is 7. The molecule has 33 heavy (non-hydrogen) atoms. The van der Waals surface area contributed by atoms with Crippen LogP contribution in [0.25, 0.3) is 16.9 Å². The number of benzene rings is 1. The zero-order chi connectivity index (χ0) is 23.0. The predicted octanol–water partition coefficient (Wildman–Crippen LogP) is 6.45. The molecule has 1 fully saturated rings. The van der Waals surface area contributed by atoms with Gasteiger partial charge < -0.3 is 4.90 Å². The molecule has 2 aromatic heterocycles. The molecule has 0 radical (unpaired) electrons. The van der Waals surface area contributed by atoms with E-state index in [-0.39, 0.29) is 5.82 Å². The van der Waals surface area contributed by atoms with E-state index >= 15 is 4.39 Å². The Kier molecular flexibility index (Phi) is 8.57. The summed E-state index contributed by atoms with van der Waals surface area (Å²) in [6.07, 6.45) is 12.5. The van der Waals surface area contributed by atoms with Crippen LogP contribution < -0.4 is 4.90 Å². The van der Waals surface area contributed by atoms with Crippen LogP contribution in [-0.4, -0.2) is 52.2 Å². The topological polar surface area (TPSA) is 36.7 Å². The minimum absolute atomic E-state index is 0.207. The number of fused-ring (bicyclic) bond motifs is 1. The maximum Gasteiger partial charge on any atom is 0.154 e. The summed E-state index contributed by atoms with van der Waals surface area (Å²) in [7, 11) is 0.